The zero-order valence-corrected chi connectivity index (χ0v) is 8.40. The van der Waals surface area contributed by atoms with Crippen molar-refractivity contribution in [2.24, 2.45) is 5.92 Å². The Bertz CT molecular complexity index is 147. The minimum atomic E-state index is 0.0712. The first kappa shape index (κ1) is 9.05. The van der Waals surface area contributed by atoms with E-state index in [4.69, 9.17) is 4.74 Å². The van der Waals surface area contributed by atoms with Crippen molar-refractivity contribution in [3.8, 4) is 0 Å². The quantitative estimate of drug-likeness (QED) is 0.524. The molecule has 0 aromatic heterocycles. The largest absolute Gasteiger partial charge is 0.369 e. The van der Waals surface area contributed by atoms with Crippen LogP contribution >= 0.6 is 0 Å². The van der Waals surface area contributed by atoms with Gasteiger partial charge in [0.15, 0.2) is 0 Å². The molecule has 0 spiro atoms. The molecule has 1 unspecified atom stereocenters. The predicted octanol–water partition coefficient (Wildman–Crippen LogP) is 2.99. The van der Waals surface area contributed by atoms with Gasteiger partial charge in [0, 0.05) is 0 Å². The van der Waals surface area contributed by atoms with Crippen LogP contribution < -0.4 is 0 Å². The van der Waals surface area contributed by atoms with Crippen LogP contribution in [0.3, 0.4) is 0 Å². The van der Waals surface area contributed by atoms with Gasteiger partial charge in [0.05, 0.1) is 11.2 Å². The summed E-state index contributed by atoms with van der Waals surface area (Å²) < 4.78 is 5.97. The maximum Gasteiger partial charge on any atom is 0.0659 e. The molecule has 1 aliphatic rings. The van der Waals surface area contributed by atoms with Gasteiger partial charge in [-0.15, -0.1) is 0 Å². The third kappa shape index (κ3) is 1.96. The van der Waals surface area contributed by atoms with Crippen molar-refractivity contribution < 1.29 is 4.74 Å². The molecular formula is C10H20O. The van der Waals surface area contributed by atoms with E-state index in [9.17, 15) is 0 Å². The number of hydrogen-bond acceptors (Lipinski definition) is 1. The summed E-state index contributed by atoms with van der Waals surface area (Å²) in [7, 11) is 0. The third-order valence-corrected chi connectivity index (χ3v) is 2.91. The lowest BCUT2D eigenvalue weighted by Gasteiger charge is -2.45. The Morgan fingerprint density at radius 3 is 2.09 bits per heavy atom. The minimum absolute atomic E-state index is 0.0712. The zero-order valence-electron chi connectivity index (χ0n) is 8.40. The molecule has 1 aliphatic heterocycles. The summed E-state index contributed by atoms with van der Waals surface area (Å²) in [6.07, 6.45) is 2.48. The fourth-order valence-electron chi connectivity index (χ4n) is 1.78. The lowest BCUT2D eigenvalue weighted by atomic mass is 9.81. The van der Waals surface area contributed by atoms with Gasteiger partial charge in [-0.05, 0) is 46.5 Å². The molecule has 0 radical (unpaired) electrons. The van der Waals surface area contributed by atoms with E-state index in [0.29, 0.717) is 5.92 Å². The van der Waals surface area contributed by atoms with Gasteiger partial charge in [-0.3, -0.25) is 0 Å². The molecule has 0 amide bonds. The SMILES string of the molecule is CC1CCC(C)(C)OC1(C)C. The van der Waals surface area contributed by atoms with Crippen LogP contribution in [0.2, 0.25) is 0 Å². The van der Waals surface area contributed by atoms with Gasteiger partial charge in [0.1, 0.15) is 0 Å². The summed E-state index contributed by atoms with van der Waals surface area (Å²) in [4.78, 5) is 0. The summed E-state index contributed by atoms with van der Waals surface area (Å²) in [6, 6.07) is 0. The van der Waals surface area contributed by atoms with Gasteiger partial charge in [0.2, 0.25) is 0 Å². The molecule has 1 saturated heterocycles. The maximum atomic E-state index is 5.97. The first-order valence-electron chi connectivity index (χ1n) is 4.54. The van der Waals surface area contributed by atoms with Crippen LogP contribution in [0.1, 0.15) is 47.5 Å². The molecule has 0 aromatic rings. The van der Waals surface area contributed by atoms with Crippen LogP contribution in [-0.2, 0) is 4.74 Å². The highest BCUT2D eigenvalue weighted by atomic mass is 16.5. The smallest absolute Gasteiger partial charge is 0.0659 e. The Hall–Kier alpha value is -0.0400. The van der Waals surface area contributed by atoms with Crippen LogP contribution in [0.15, 0.2) is 0 Å². The fraction of sp³-hybridized carbons (Fsp3) is 1.00. The Labute approximate surface area is 70.1 Å². The minimum Gasteiger partial charge on any atom is -0.369 e. The average Bonchev–Trinajstić information content (AvgIpc) is 1.77. The molecule has 1 fully saturated rings. The van der Waals surface area contributed by atoms with Gasteiger partial charge < -0.3 is 4.74 Å². The number of hydrogen-bond donors (Lipinski definition) is 0. The summed E-state index contributed by atoms with van der Waals surface area (Å²) in [5.74, 6) is 0.690. The molecule has 1 nitrogen and oxygen atoms in total. The second-order valence-corrected chi connectivity index (χ2v) is 4.90. The summed E-state index contributed by atoms with van der Waals surface area (Å²) in [6.45, 7) is 11.0. The predicted molar refractivity (Wildman–Crippen MR) is 47.6 cm³/mol. The summed E-state index contributed by atoms with van der Waals surface area (Å²) >= 11 is 0. The third-order valence-electron chi connectivity index (χ3n) is 2.91. The van der Waals surface area contributed by atoms with Crippen molar-refractivity contribution in [1.82, 2.24) is 0 Å². The van der Waals surface area contributed by atoms with Gasteiger partial charge in [-0.25, -0.2) is 0 Å². The van der Waals surface area contributed by atoms with Gasteiger partial charge in [0.25, 0.3) is 0 Å². The van der Waals surface area contributed by atoms with Crippen LogP contribution in [0.5, 0.6) is 0 Å². The van der Waals surface area contributed by atoms with Gasteiger partial charge in [-0.2, -0.15) is 0 Å². The van der Waals surface area contributed by atoms with Crippen molar-refractivity contribution >= 4 is 0 Å². The van der Waals surface area contributed by atoms with E-state index < -0.39 is 0 Å². The molecule has 0 aliphatic carbocycles. The second-order valence-electron chi connectivity index (χ2n) is 4.90. The standard InChI is InChI=1S/C10H20O/c1-8-6-7-9(2,3)11-10(8,4)5/h8H,6-7H2,1-5H3. The van der Waals surface area contributed by atoms with Crippen LogP contribution in [-0.4, -0.2) is 11.2 Å². The topological polar surface area (TPSA) is 9.23 Å². The second kappa shape index (κ2) is 2.48. The number of ether oxygens (including phenoxy) is 1. The lowest BCUT2D eigenvalue weighted by Crippen LogP contribution is -2.46. The highest BCUT2D eigenvalue weighted by Gasteiger charge is 2.38. The molecule has 0 saturated carbocycles. The Kier molecular flexibility index (Phi) is 2.04. The highest BCUT2D eigenvalue weighted by molar-refractivity contribution is 4.87. The summed E-state index contributed by atoms with van der Waals surface area (Å²) in [5.41, 5.74) is 0.164. The fourth-order valence-corrected chi connectivity index (χ4v) is 1.78. The van der Waals surface area contributed by atoms with E-state index in [1.165, 1.54) is 12.8 Å². The molecule has 1 heterocycles. The van der Waals surface area contributed by atoms with Crippen molar-refractivity contribution in [3.05, 3.63) is 0 Å². The van der Waals surface area contributed by atoms with Crippen molar-refractivity contribution in [2.75, 3.05) is 0 Å². The molecule has 66 valence electrons. The summed E-state index contributed by atoms with van der Waals surface area (Å²) in [5, 5.41) is 0. The molecule has 1 rings (SSSR count). The van der Waals surface area contributed by atoms with E-state index >= 15 is 0 Å². The first-order chi connectivity index (χ1) is 4.83. The molecule has 0 bridgehead atoms. The molecule has 0 N–H and O–H groups in total. The van der Waals surface area contributed by atoms with E-state index in [1.807, 2.05) is 0 Å². The number of rotatable bonds is 0. The molecule has 11 heavy (non-hydrogen) atoms. The lowest BCUT2D eigenvalue weighted by molar-refractivity contribution is -0.181. The molecule has 0 aromatic carbocycles. The van der Waals surface area contributed by atoms with Crippen LogP contribution in [0.25, 0.3) is 0 Å². The van der Waals surface area contributed by atoms with Gasteiger partial charge >= 0.3 is 0 Å². The van der Waals surface area contributed by atoms with E-state index in [2.05, 4.69) is 34.6 Å². The van der Waals surface area contributed by atoms with Crippen LogP contribution in [0, 0.1) is 5.92 Å². The first-order valence-corrected chi connectivity index (χ1v) is 4.54. The van der Waals surface area contributed by atoms with E-state index in [1.54, 1.807) is 0 Å². The Balaban J connectivity index is 2.67. The zero-order chi connectivity index (χ0) is 8.70. The van der Waals surface area contributed by atoms with Gasteiger partial charge in [-0.1, -0.05) is 6.92 Å². The molecule has 1 atom stereocenters. The Morgan fingerprint density at radius 2 is 1.73 bits per heavy atom. The van der Waals surface area contributed by atoms with Crippen molar-refractivity contribution in [1.29, 1.82) is 0 Å². The van der Waals surface area contributed by atoms with E-state index in [0.717, 1.165) is 0 Å². The normalized spacial score (nSPS) is 35.2. The van der Waals surface area contributed by atoms with E-state index in [-0.39, 0.29) is 11.2 Å². The maximum absolute atomic E-state index is 5.97. The average molecular weight is 156 g/mol. The highest BCUT2D eigenvalue weighted by Crippen LogP contribution is 2.38. The molecular weight excluding hydrogens is 136 g/mol. The van der Waals surface area contributed by atoms with Crippen LogP contribution in [0.4, 0.5) is 0 Å². The van der Waals surface area contributed by atoms with Crippen molar-refractivity contribution in [2.45, 2.75) is 58.7 Å². The van der Waals surface area contributed by atoms with Crippen molar-refractivity contribution in [3.63, 3.8) is 0 Å². The molecule has 1 heteroatoms. The monoisotopic (exact) mass is 156 g/mol. The Morgan fingerprint density at radius 1 is 1.18 bits per heavy atom.